The number of methoxy groups -OCH3 is 1. The molecule has 1 saturated heterocycles. The summed E-state index contributed by atoms with van der Waals surface area (Å²) >= 11 is 0. The second kappa shape index (κ2) is 6.46. The number of carbonyl (C=O) groups excluding carboxylic acids is 1. The van der Waals surface area contributed by atoms with Gasteiger partial charge in [-0.2, -0.15) is 17.4 Å². The Labute approximate surface area is 107 Å². The van der Waals surface area contributed by atoms with E-state index in [1.165, 1.54) is 4.31 Å². The summed E-state index contributed by atoms with van der Waals surface area (Å²) in [6.07, 6.45) is 2.59. The lowest BCUT2D eigenvalue weighted by Crippen LogP contribution is -2.53. The van der Waals surface area contributed by atoms with Gasteiger partial charge in [-0.1, -0.05) is 6.42 Å². The SMILES string of the molecule is COC(=O)[C@H](CO)NS(=O)(=O)N1CCCCC1C. The Kier molecular flexibility index (Phi) is 5.51. The van der Waals surface area contributed by atoms with Crippen LogP contribution in [0.2, 0.25) is 0 Å². The first kappa shape index (κ1) is 15.4. The molecule has 0 spiro atoms. The lowest BCUT2D eigenvalue weighted by Gasteiger charge is -2.33. The van der Waals surface area contributed by atoms with Crippen molar-refractivity contribution in [3.05, 3.63) is 0 Å². The molecular weight excluding hydrogens is 260 g/mol. The first-order chi connectivity index (χ1) is 8.42. The van der Waals surface area contributed by atoms with Crippen LogP contribution in [0.15, 0.2) is 0 Å². The zero-order chi connectivity index (χ0) is 13.8. The van der Waals surface area contributed by atoms with Crippen LogP contribution in [0.25, 0.3) is 0 Å². The van der Waals surface area contributed by atoms with Crippen molar-refractivity contribution in [3.63, 3.8) is 0 Å². The Morgan fingerprint density at radius 2 is 2.22 bits per heavy atom. The summed E-state index contributed by atoms with van der Waals surface area (Å²) < 4.78 is 32.1. The topological polar surface area (TPSA) is 95.9 Å². The molecule has 7 nitrogen and oxygen atoms in total. The molecule has 2 N–H and O–H groups in total. The predicted octanol–water partition coefficient (Wildman–Crippen LogP) is -0.771. The van der Waals surface area contributed by atoms with Gasteiger partial charge in [-0.25, -0.2) is 0 Å². The predicted molar refractivity (Wildman–Crippen MR) is 65.0 cm³/mol. The molecule has 106 valence electrons. The third-order valence-corrected chi connectivity index (χ3v) is 4.75. The van der Waals surface area contributed by atoms with E-state index in [1.807, 2.05) is 6.92 Å². The van der Waals surface area contributed by atoms with Crippen LogP contribution in [0.1, 0.15) is 26.2 Å². The summed E-state index contributed by atoms with van der Waals surface area (Å²) in [6, 6.07) is -1.36. The van der Waals surface area contributed by atoms with Crippen LogP contribution in [0, 0.1) is 0 Å². The average molecular weight is 280 g/mol. The van der Waals surface area contributed by atoms with E-state index in [1.54, 1.807) is 0 Å². The average Bonchev–Trinajstić information content (AvgIpc) is 2.35. The normalized spacial score (nSPS) is 23.6. The van der Waals surface area contributed by atoms with Gasteiger partial charge in [0.05, 0.1) is 13.7 Å². The number of aliphatic hydroxyl groups is 1. The molecule has 1 heterocycles. The van der Waals surface area contributed by atoms with Gasteiger partial charge < -0.3 is 9.84 Å². The molecule has 0 saturated carbocycles. The number of nitrogens with zero attached hydrogens (tertiary/aromatic N) is 1. The van der Waals surface area contributed by atoms with Crippen molar-refractivity contribution in [3.8, 4) is 0 Å². The van der Waals surface area contributed by atoms with E-state index in [-0.39, 0.29) is 6.04 Å². The Morgan fingerprint density at radius 3 is 2.72 bits per heavy atom. The maximum Gasteiger partial charge on any atom is 0.326 e. The number of carbonyl (C=O) groups is 1. The quantitative estimate of drug-likeness (QED) is 0.645. The molecule has 2 atom stereocenters. The molecule has 1 rings (SSSR count). The van der Waals surface area contributed by atoms with Gasteiger partial charge in [-0.15, -0.1) is 0 Å². The highest BCUT2D eigenvalue weighted by atomic mass is 32.2. The van der Waals surface area contributed by atoms with E-state index < -0.39 is 28.8 Å². The summed E-state index contributed by atoms with van der Waals surface area (Å²) in [5.41, 5.74) is 0. The van der Waals surface area contributed by atoms with E-state index in [2.05, 4.69) is 9.46 Å². The highest BCUT2D eigenvalue weighted by molar-refractivity contribution is 7.87. The third-order valence-electron chi connectivity index (χ3n) is 3.01. The van der Waals surface area contributed by atoms with Crippen molar-refractivity contribution in [2.75, 3.05) is 20.3 Å². The molecule has 1 aliphatic heterocycles. The number of nitrogens with one attached hydrogen (secondary N) is 1. The molecule has 0 radical (unpaired) electrons. The molecule has 0 aliphatic carbocycles. The Hall–Kier alpha value is -0.700. The minimum atomic E-state index is -3.78. The minimum absolute atomic E-state index is 0.103. The summed E-state index contributed by atoms with van der Waals surface area (Å²) in [6.45, 7) is 1.62. The van der Waals surface area contributed by atoms with Crippen molar-refractivity contribution in [2.24, 2.45) is 0 Å². The zero-order valence-corrected chi connectivity index (χ0v) is 11.4. The smallest absolute Gasteiger partial charge is 0.326 e. The number of hydrogen-bond acceptors (Lipinski definition) is 5. The maximum absolute atomic E-state index is 12.1. The Bertz CT molecular complexity index is 384. The largest absolute Gasteiger partial charge is 0.468 e. The van der Waals surface area contributed by atoms with Crippen molar-refractivity contribution < 1.29 is 23.1 Å². The number of rotatable bonds is 5. The van der Waals surface area contributed by atoms with Crippen molar-refractivity contribution >= 4 is 16.2 Å². The molecule has 0 aromatic carbocycles. The van der Waals surface area contributed by atoms with Gasteiger partial charge in [-0.3, -0.25) is 4.79 Å². The zero-order valence-electron chi connectivity index (χ0n) is 10.6. The number of ether oxygens (including phenoxy) is 1. The van der Waals surface area contributed by atoms with E-state index in [0.29, 0.717) is 6.54 Å². The highest BCUT2D eigenvalue weighted by Gasteiger charge is 2.33. The van der Waals surface area contributed by atoms with Crippen molar-refractivity contribution in [2.45, 2.75) is 38.3 Å². The van der Waals surface area contributed by atoms with Crippen LogP contribution >= 0.6 is 0 Å². The van der Waals surface area contributed by atoms with Gasteiger partial charge in [-0.05, 0) is 19.8 Å². The van der Waals surface area contributed by atoms with Crippen molar-refractivity contribution in [1.29, 1.82) is 0 Å². The van der Waals surface area contributed by atoms with Gasteiger partial charge in [0.15, 0.2) is 0 Å². The van der Waals surface area contributed by atoms with Gasteiger partial charge in [0.25, 0.3) is 10.2 Å². The van der Waals surface area contributed by atoms with Crippen LogP contribution < -0.4 is 4.72 Å². The fraction of sp³-hybridized carbons (Fsp3) is 0.900. The molecule has 1 fully saturated rings. The molecule has 1 aliphatic rings. The lowest BCUT2D eigenvalue weighted by atomic mass is 10.1. The molecular formula is C10H20N2O5S. The fourth-order valence-corrected chi connectivity index (χ4v) is 3.59. The molecule has 0 bridgehead atoms. The van der Waals surface area contributed by atoms with Crippen molar-refractivity contribution in [1.82, 2.24) is 9.03 Å². The highest BCUT2D eigenvalue weighted by Crippen LogP contribution is 2.19. The molecule has 8 heteroatoms. The number of aliphatic hydroxyl groups excluding tert-OH is 1. The minimum Gasteiger partial charge on any atom is -0.468 e. The van der Waals surface area contributed by atoms with Crippen LogP contribution in [0.5, 0.6) is 0 Å². The fourth-order valence-electron chi connectivity index (χ4n) is 1.98. The monoisotopic (exact) mass is 280 g/mol. The number of esters is 1. The summed E-state index contributed by atoms with van der Waals surface area (Å²) in [5, 5.41) is 9.01. The first-order valence-corrected chi connectivity index (χ1v) is 7.34. The molecule has 0 amide bonds. The van der Waals surface area contributed by atoms with Crippen LogP contribution in [-0.2, 0) is 19.7 Å². The Morgan fingerprint density at radius 1 is 1.56 bits per heavy atom. The molecule has 18 heavy (non-hydrogen) atoms. The summed E-state index contributed by atoms with van der Waals surface area (Å²) in [4.78, 5) is 11.3. The molecule has 0 aromatic rings. The van der Waals surface area contributed by atoms with E-state index in [4.69, 9.17) is 5.11 Å². The van der Waals surface area contributed by atoms with E-state index in [0.717, 1.165) is 26.4 Å². The van der Waals surface area contributed by atoms with Gasteiger partial charge in [0.2, 0.25) is 0 Å². The molecule has 0 aromatic heterocycles. The second-order valence-electron chi connectivity index (χ2n) is 4.34. The van der Waals surface area contributed by atoms with Gasteiger partial charge in [0.1, 0.15) is 6.04 Å². The van der Waals surface area contributed by atoms with Gasteiger partial charge in [0, 0.05) is 12.6 Å². The van der Waals surface area contributed by atoms with Crippen LogP contribution in [0.3, 0.4) is 0 Å². The van der Waals surface area contributed by atoms with Crippen LogP contribution in [0.4, 0.5) is 0 Å². The number of hydrogen-bond donors (Lipinski definition) is 2. The summed E-state index contributed by atoms with van der Waals surface area (Å²) in [5.74, 6) is -0.800. The molecule has 1 unspecified atom stereocenters. The summed E-state index contributed by atoms with van der Waals surface area (Å²) in [7, 11) is -2.63. The first-order valence-electron chi connectivity index (χ1n) is 5.90. The second-order valence-corrected chi connectivity index (χ2v) is 5.99. The van der Waals surface area contributed by atoms with Crippen LogP contribution in [-0.4, -0.2) is 56.1 Å². The standard InChI is InChI=1S/C10H20N2O5S/c1-8-5-3-4-6-12(8)18(15,16)11-9(7-13)10(14)17-2/h8-9,11,13H,3-7H2,1-2H3/t8?,9-/m0/s1. The number of piperidine rings is 1. The van der Waals surface area contributed by atoms with E-state index >= 15 is 0 Å². The Balaban J connectivity index is 2.76. The van der Waals surface area contributed by atoms with Gasteiger partial charge >= 0.3 is 5.97 Å². The maximum atomic E-state index is 12.1. The third kappa shape index (κ3) is 3.64. The lowest BCUT2D eigenvalue weighted by molar-refractivity contribution is -0.143. The van der Waals surface area contributed by atoms with E-state index in [9.17, 15) is 13.2 Å².